The lowest BCUT2D eigenvalue weighted by Gasteiger charge is -2.08. The summed E-state index contributed by atoms with van der Waals surface area (Å²) >= 11 is 0. The summed E-state index contributed by atoms with van der Waals surface area (Å²) in [5, 5.41) is 5.67. The first-order valence-electron chi connectivity index (χ1n) is 8.58. The highest BCUT2D eigenvalue weighted by molar-refractivity contribution is 5.89. The minimum atomic E-state index is -0.270. The number of amides is 2. The van der Waals surface area contributed by atoms with Crippen molar-refractivity contribution in [2.45, 2.75) is 34.2 Å². The van der Waals surface area contributed by atoms with E-state index in [4.69, 9.17) is 4.42 Å². The van der Waals surface area contributed by atoms with Gasteiger partial charge >= 0.3 is 6.03 Å². The second-order valence-electron chi connectivity index (χ2n) is 6.44. The molecule has 5 heteroatoms. The Morgan fingerprint density at radius 1 is 1.00 bits per heavy atom. The molecule has 0 saturated heterocycles. The maximum absolute atomic E-state index is 12.1. The largest absolute Gasteiger partial charge is 0.441 e. The molecule has 2 N–H and O–H groups in total. The van der Waals surface area contributed by atoms with Crippen LogP contribution >= 0.6 is 0 Å². The third kappa shape index (κ3) is 3.94. The third-order valence-electron chi connectivity index (χ3n) is 4.45. The molecule has 0 fully saturated rings. The Kier molecular flexibility index (Phi) is 5.07. The number of rotatable bonds is 4. The Hall–Kier alpha value is -3.08. The average molecular weight is 349 g/mol. The van der Waals surface area contributed by atoms with Crippen molar-refractivity contribution >= 4 is 11.7 Å². The highest BCUT2D eigenvalue weighted by Gasteiger charge is 2.13. The summed E-state index contributed by atoms with van der Waals surface area (Å²) in [4.78, 5) is 16.7. The van der Waals surface area contributed by atoms with Crippen molar-refractivity contribution in [3.63, 3.8) is 0 Å². The van der Waals surface area contributed by atoms with Crippen LogP contribution in [0.4, 0.5) is 10.5 Å². The summed E-state index contributed by atoms with van der Waals surface area (Å²) in [6.07, 6.45) is 0. The molecule has 1 aromatic heterocycles. The van der Waals surface area contributed by atoms with Gasteiger partial charge in [0.1, 0.15) is 11.5 Å². The van der Waals surface area contributed by atoms with E-state index in [0.717, 1.165) is 28.1 Å². The molecule has 0 spiro atoms. The average Bonchev–Trinajstić information content (AvgIpc) is 2.97. The van der Waals surface area contributed by atoms with Crippen molar-refractivity contribution in [1.29, 1.82) is 0 Å². The number of hydrogen-bond acceptors (Lipinski definition) is 3. The van der Waals surface area contributed by atoms with Crippen LogP contribution in [-0.2, 0) is 6.54 Å². The number of aryl methyl sites for hydroxylation is 4. The summed E-state index contributed by atoms with van der Waals surface area (Å²) in [7, 11) is 0. The van der Waals surface area contributed by atoms with Crippen LogP contribution in [0.5, 0.6) is 0 Å². The second-order valence-corrected chi connectivity index (χ2v) is 6.44. The number of nitrogens with zero attached hydrogens (tertiary/aromatic N) is 1. The zero-order chi connectivity index (χ0) is 18.7. The fourth-order valence-electron chi connectivity index (χ4n) is 2.68. The van der Waals surface area contributed by atoms with Crippen molar-refractivity contribution in [3.8, 4) is 11.5 Å². The van der Waals surface area contributed by atoms with Crippen molar-refractivity contribution in [2.24, 2.45) is 0 Å². The number of carbonyl (C=O) groups excluding carboxylic acids is 1. The van der Waals surface area contributed by atoms with Crippen LogP contribution in [-0.4, -0.2) is 11.0 Å². The lowest BCUT2D eigenvalue weighted by molar-refractivity contribution is 0.251. The second kappa shape index (κ2) is 7.44. The van der Waals surface area contributed by atoms with Gasteiger partial charge in [0.2, 0.25) is 5.89 Å². The number of benzene rings is 2. The van der Waals surface area contributed by atoms with Gasteiger partial charge in [0, 0.05) is 11.3 Å². The first-order chi connectivity index (χ1) is 12.4. The first-order valence-corrected chi connectivity index (χ1v) is 8.58. The predicted molar refractivity (Wildman–Crippen MR) is 103 cm³/mol. The molecule has 3 rings (SSSR count). The van der Waals surface area contributed by atoms with Crippen molar-refractivity contribution in [2.75, 3.05) is 5.32 Å². The van der Waals surface area contributed by atoms with Gasteiger partial charge in [0.25, 0.3) is 0 Å². The van der Waals surface area contributed by atoms with E-state index < -0.39 is 0 Å². The maximum atomic E-state index is 12.1. The van der Waals surface area contributed by atoms with Crippen LogP contribution in [0, 0.1) is 27.7 Å². The Bertz CT molecular complexity index is 944. The summed E-state index contributed by atoms with van der Waals surface area (Å²) in [5.41, 5.74) is 5.87. The van der Waals surface area contributed by atoms with E-state index in [2.05, 4.69) is 15.6 Å². The number of urea groups is 1. The van der Waals surface area contributed by atoms with E-state index in [1.54, 1.807) is 0 Å². The summed E-state index contributed by atoms with van der Waals surface area (Å²) < 4.78 is 5.78. The van der Waals surface area contributed by atoms with Crippen LogP contribution in [0.3, 0.4) is 0 Å². The van der Waals surface area contributed by atoms with E-state index in [1.165, 1.54) is 5.56 Å². The molecule has 2 aromatic carbocycles. The molecule has 5 nitrogen and oxygen atoms in total. The monoisotopic (exact) mass is 349 g/mol. The molecule has 0 aliphatic carbocycles. The van der Waals surface area contributed by atoms with Crippen LogP contribution in [0.15, 0.2) is 46.9 Å². The number of aromatic nitrogens is 1. The Balaban J connectivity index is 1.65. The standard InChI is InChI=1S/C21H23N3O2/c1-13-9-10-17(11-15(13)3)23-21(25)22-12-19-16(4)26-20(24-19)18-8-6-5-7-14(18)2/h5-11H,12H2,1-4H3,(H2,22,23,25). The number of nitrogens with one attached hydrogen (secondary N) is 2. The van der Waals surface area contributed by atoms with Gasteiger partial charge in [0.15, 0.2) is 0 Å². The van der Waals surface area contributed by atoms with E-state index in [0.29, 0.717) is 18.2 Å². The van der Waals surface area contributed by atoms with E-state index >= 15 is 0 Å². The molecule has 0 aliphatic heterocycles. The molecule has 0 saturated carbocycles. The molecule has 0 aliphatic rings. The lowest BCUT2D eigenvalue weighted by Crippen LogP contribution is -2.28. The smallest absolute Gasteiger partial charge is 0.319 e. The summed E-state index contributed by atoms with van der Waals surface area (Å²) in [6, 6.07) is 13.5. The van der Waals surface area contributed by atoms with Gasteiger partial charge < -0.3 is 15.1 Å². The Morgan fingerprint density at radius 2 is 1.77 bits per heavy atom. The highest BCUT2D eigenvalue weighted by Crippen LogP contribution is 2.24. The SMILES string of the molecule is Cc1ccc(NC(=O)NCc2nc(-c3ccccc3C)oc2C)cc1C. The lowest BCUT2D eigenvalue weighted by atomic mass is 10.1. The highest BCUT2D eigenvalue weighted by atomic mass is 16.4. The van der Waals surface area contributed by atoms with Crippen LogP contribution in [0.2, 0.25) is 0 Å². The fraction of sp³-hybridized carbons (Fsp3) is 0.238. The number of oxazole rings is 1. The van der Waals surface area contributed by atoms with E-state index in [1.807, 2.05) is 70.2 Å². The quantitative estimate of drug-likeness (QED) is 0.704. The van der Waals surface area contributed by atoms with Gasteiger partial charge in [-0.2, -0.15) is 0 Å². The van der Waals surface area contributed by atoms with Crippen LogP contribution in [0.25, 0.3) is 11.5 Å². The molecule has 134 valence electrons. The van der Waals surface area contributed by atoms with Gasteiger partial charge in [-0.15, -0.1) is 0 Å². The van der Waals surface area contributed by atoms with Crippen molar-refractivity contribution in [1.82, 2.24) is 10.3 Å². The maximum Gasteiger partial charge on any atom is 0.319 e. The van der Waals surface area contributed by atoms with Gasteiger partial charge in [-0.3, -0.25) is 0 Å². The minimum Gasteiger partial charge on any atom is -0.441 e. The predicted octanol–water partition coefficient (Wildman–Crippen LogP) is 4.90. The van der Waals surface area contributed by atoms with Gasteiger partial charge in [-0.05, 0) is 62.6 Å². The van der Waals surface area contributed by atoms with Gasteiger partial charge in [-0.1, -0.05) is 24.3 Å². The molecule has 26 heavy (non-hydrogen) atoms. The Labute approximate surface area is 153 Å². The first kappa shape index (κ1) is 17.7. The zero-order valence-corrected chi connectivity index (χ0v) is 15.5. The van der Waals surface area contributed by atoms with Gasteiger partial charge in [0.05, 0.1) is 6.54 Å². The molecular formula is C21H23N3O2. The molecule has 2 amide bonds. The molecular weight excluding hydrogens is 326 g/mol. The molecule has 3 aromatic rings. The summed E-state index contributed by atoms with van der Waals surface area (Å²) in [5.74, 6) is 1.28. The van der Waals surface area contributed by atoms with Gasteiger partial charge in [-0.25, -0.2) is 9.78 Å². The zero-order valence-electron chi connectivity index (χ0n) is 15.5. The molecule has 0 atom stereocenters. The number of hydrogen-bond donors (Lipinski definition) is 2. The number of anilines is 1. The fourth-order valence-corrected chi connectivity index (χ4v) is 2.68. The topological polar surface area (TPSA) is 67.2 Å². The number of carbonyl (C=O) groups is 1. The van der Waals surface area contributed by atoms with Crippen molar-refractivity contribution in [3.05, 3.63) is 70.6 Å². The minimum absolute atomic E-state index is 0.270. The third-order valence-corrected chi connectivity index (χ3v) is 4.45. The van der Waals surface area contributed by atoms with Crippen LogP contribution < -0.4 is 10.6 Å². The molecule has 0 bridgehead atoms. The van der Waals surface area contributed by atoms with Crippen molar-refractivity contribution < 1.29 is 9.21 Å². The summed E-state index contributed by atoms with van der Waals surface area (Å²) in [6.45, 7) is 8.23. The Morgan fingerprint density at radius 3 is 2.50 bits per heavy atom. The van der Waals surface area contributed by atoms with Crippen LogP contribution in [0.1, 0.15) is 28.1 Å². The van der Waals surface area contributed by atoms with E-state index in [-0.39, 0.29) is 6.03 Å². The van der Waals surface area contributed by atoms with E-state index in [9.17, 15) is 4.79 Å². The molecule has 0 radical (unpaired) electrons. The molecule has 1 heterocycles. The normalized spacial score (nSPS) is 10.6. The molecule has 0 unspecified atom stereocenters.